The number of rotatable bonds is 4. The lowest BCUT2D eigenvalue weighted by atomic mass is 9.75. The van der Waals surface area contributed by atoms with Gasteiger partial charge in [-0.25, -0.2) is 0 Å². The van der Waals surface area contributed by atoms with Crippen molar-refractivity contribution in [3.05, 3.63) is 0 Å². The van der Waals surface area contributed by atoms with Gasteiger partial charge in [0.1, 0.15) is 0 Å². The van der Waals surface area contributed by atoms with Crippen LogP contribution in [-0.2, 0) is 0 Å². The first kappa shape index (κ1) is 14.2. The third kappa shape index (κ3) is 4.95. The predicted octanol–water partition coefficient (Wildman–Crippen LogP) is 3.93. The molecule has 1 saturated carbocycles. The van der Waals surface area contributed by atoms with Crippen LogP contribution in [0.3, 0.4) is 0 Å². The summed E-state index contributed by atoms with van der Waals surface area (Å²) in [6.45, 7) is 2.16. The first-order valence-electron chi connectivity index (χ1n) is 5.84. The van der Waals surface area contributed by atoms with Crippen molar-refractivity contribution in [2.24, 2.45) is 11.7 Å². The molecule has 0 aromatic rings. The van der Waals surface area contributed by atoms with Crippen LogP contribution < -0.4 is 5.73 Å². The van der Waals surface area contributed by atoms with Crippen LogP contribution in [0.2, 0.25) is 0 Å². The first-order valence-corrected chi connectivity index (χ1v) is 6.83. The maximum absolute atomic E-state index is 12.0. The van der Waals surface area contributed by atoms with Crippen LogP contribution in [0.5, 0.6) is 0 Å². The molecule has 0 atom stereocenters. The number of hydrogen-bond acceptors (Lipinski definition) is 2. The van der Waals surface area contributed by atoms with Crippen molar-refractivity contribution in [3.8, 4) is 0 Å². The Morgan fingerprint density at radius 2 is 1.88 bits per heavy atom. The highest BCUT2D eigenvalue weighted by Gasteiger charge is 2.33. The molecule has 1 aliphatic rings. The van der Waals surface area contributed by atoms with Gasteiger partial charge in [-0.3, -0.25) is 0 Å². The van der Waals surface area contributed by atoms with Gasteiger partial charge in [0.05, 0.1) is 0 Å². The highest BCUT2D eigenvalue weighted by atomic mass is 32.2. The number of nitrogens with two attached hydrogens (primary N) is 1. The van der Waals surface area contributed by atoms with Crippen molar-refractivity contribution >= 4 is 11.8 Å². The molecule has 0 unspecified atom stereocenters. The third-order valence-corrected chi connectivity index (χ3v) is 4.28. The van der Waals surface area contributed by atoms with Gasteiger partial charge in [-0.15, -0.1) is 0 Å². The zero-order valence-corrected chi connectivity index (χ0v) is 10.5. The average molecular weight is 255 g/mol. The Morgan fingerprint density at radius 1 is 1.31 bits per heavy atom. The second-order valence-corrected chi connectivity index (χ2v) is 5.92. The van der Waals surface area contributed by atoms with Crippen molar-refractivity contribution in [2.75, 3.05) is 5.75 Å². The summed E-state index contributed by atoms with van der Waals surface area (Å²) in [4.78, 5) is 0. The quantitative estimate of drug-likeness (QED) is 0.823. The van der Waals surface area contributed by atoms with Crippen molar-refractivity contribution in [1.82, 2.24) is 0 Å². The number of halogens is 3. The molecule has 0 heterocycles. The zero-order valence-electron chi connectivity index (χ0n) is 9.65. The van der Waals surface area contributed by atoms with Crippen LogP contribution >= 0.6 is 11.8 Å². The molecule has 0 bridgehead atoms. The van der Waals surface area contributed by atoms with E-state index in [4.69, 9.17) is 5.73 Å². The van der Waals surface area contributed by atoms with Gasteiger partial charge in [-0.05, 0) is 38.0 Å². The van der Waals surface area contributed by atoms with Gasteiger partial charge >= 0.3 is 5.51 Å². The minimum Gasteiger partial charge on any atom is -0.325 e. The van der Waals surface area contributed by atoms with Gasteiger partial charge in [0.15, 0.2) is 0 Å². The molecule has 0 aromatic heterocycles. The van der Waals surface area contributed by atoms with E-state index in [9.17, 15) is 13.2 Å². The Balaban J connectivity index is 2.26. The molecule has 96 valence electrons. The van der Waals surface area contributed by atoms with Gasteiger partial charge in [-0.1, -0.05) is 25.1 Å². The summed E-state index contributed by atoms with van der Waals surface area (Å²) in [5.74, 6) is 0.823. The Morgan fingerprint density at radius 3 is 2.31 bits per heavy atom. The second-order valence-electron chi connectivity index (χ2n) is 4.76. The molecule has 1 aliphatic carbocycles. The predicted molar refractivity (Wildman–Crippen MR) is 62.3 cm³/mol. The molecule has 0 aliphatic heterocycles. The lowest BCUT2D eigenvalue weighted by Crippen LogP contribution is -2.43. The molecule has 0 spiro atoms. The highest BCUT2D eigenvalue weighted by Crippen LogP contribution is 2.37. The molecule has 0 aromatic carbocycles. The van der Waals surface area contributed by atoms with Gasteiger partial charge < -0.3 is 5.73 Å². The molecular formula is C11H20F3NS. The van der Waals surface area contributed by atoms with Crippen molar-refractivity contribution in [3.63, 3.8) is 0 Å². The summed E-state index contributed by atoms with van der Waals surface area (Å²) in [6, 6.07) is 0. The van der Waals surface area contributed by atoms with Crippen molar-refractivity contribution in [1.29, 1.82) is 0 Å². The van der Waals surface area contributed by atoms with Crippen molar-refractivity contribution in [2.45, 2.75) is 56.5 Å². The fourth-order valence-electron chi connectivity index (χ4n) is 2.28. The van der Waals surface area contributed by atoms with Crippen LogP contribution in [0.4, 0.5) is 13.2 Å². The molecular weight excluding hydrogens is 235 g/mol. The second kappa shape index (κ2) is 5.63. The standard InChI is InChI=1S/C11H20F3NS/c1-2-9-3-5-10(15,6-4-9)7-8-16-11(12,13)14/h9H,2-8,15H2,1H3. The summed E-state index contributed by atoms with van der Waals surface area (Å²) in [5.41, 5.74) is 1.67. The molecule has 0 saturated heterocycles. The van der Waals surface area contributed by atoms with Crippen LogP contribution in [0, 0.1) is 5.92 Å². The van der Waals surface area contributed by atoms with Gasteiger partial charge in [0.2, 0.25) is 0 Å². The van der Waals surface area contributed by atoms with Crippen LogP contribution in [0.15, 0.2) is 0 Å². The van der Waals surface area contributed by atoms with Crippen LogP contribution in [0.25, 0.3) is 0 Å². The van der Waals surface area contributed by atoms with E-state index < -0.39 is 5.51 Å². The molecule has 1 rings (SSSR count). The number of hydrogen-bond donors (Lipinski definition) is 1. The average Bonchev–Trinajstić information content (AvgIpc) is 2.17. The minimum atomic E-state index is -4.11. The Hall–Kier alpha value is 0.100. The van der Waals surface area contributed by atoms with E-state index in [1.165, 1.54) is 0 Å². The Labute approximate surface area is 99.3 Å². The summed E-state index contributed by atoms with van der Waals surface area (Å²) < 4.78 is 35.9. The number of alkyl halides is 3. The van der Waals surface area contributed by atoms with E-state index in [0.717, 1.165) is 38.0 Å². The fraction of sp³-hybridized carbons (Fsp3) is 1.00. The number of thioether (sulfide) groups is 1. The molecule has 5 heteroatoms. The SMILES string of the molecule is CCC1CCC(N)(CCSC(F)(F)F)CC1. The van der Waals surface area contributed by atoms with E-state index in [-0.39, 0.29) is 23.1 Å². The van der Waals surface area contributed by atoms with E-state index in [1.807, 2.05) is 0 Å². The van der Waals surface area contributed by atoms with Gasteiger partial charge in [0.25, 0.3) is 0 Å². The largest absolute Gasteiger partial charge is 0.441 e. The molecule has 0 amide bonds. The van der Waals surface area contributed by atoms with Gasteiger partial charge in [0, 0.05) is 11.3 Å². The smallest absolute Gasteiger partial charge is 0.325 e. The fourth-order valence-corrected chi connectivity index (χ4v) is 3.02. The molecule has 16 heavy (non-hydrogen) atoms. The highest BCUT2D eigenvalue weighted by molar-refractivity contribution is 8.00. The summed E-state index contributed by atoms with van der Waals surface area (Å²) >= 11 is 0.0523. The van der Waals surface area contributed by atoms with Crippen LogP contribution in [0.1, 0.15) is 45.4 Å². The monoisotopic (exact) mass is 255 g/mol. The van der Waals surface area contributed by atoms with Crippen LogP contribution in [-0.4, -0.2) is 16.8 Å². The minimum absolute atomic E-state index is 0.0523. The Kier molecular flexibility index (Phi) is 4.98. The molecule has 1 fully saturated rings. The first-order chi connectivity index (χ1) is 7.35. The lowest BCUT2D eigenvalue weighted by Gasteiger charge is -2.37. The van der Waals surface area contributed by atoms with E-state index in [0.29, 0.717) is 6.42 Å². The third-order valence-electron chi connectivity index (χ3n) is 3.54. The normalized spacial score (nSPS) is 31.7. The van der Waals surface area contributed by atoms with E-state index in [2.05, 4.69) is 6.92 Å². The summed E-state index contributed by atoms with van der Waals surface area (Å²) in [7, 11) is 0. The van der Waals surface area contributed by atoms with E-state index >= 15 is 0 Å². The maximum atomic E-state index is 12.0. The lowest BCUT2D eigenvalue weighted by molar-refractivity contribution is -0.0328. The summed E-state index contributed by atoms with van der Waals surface area (Å²) in [6.07, 6.45) is 5.54. The van der Waals surface area contributed by atoms with Gasteiger partial charge in [-0.2, -0.15) is 13.2 Å². The molecule has 2 N–H and O–H groups in total. The van der Waals surface area contributed by atoms with Crippen molar-refractivity contribution < 1.29 is 13.2 Å². The topological polar surface area (TPSA) is 26.0 Å². The molecule has 1 nitrogen and oxygen atoms in total. The maximum Gasteiger partial charge on any atom is 0.441 e. The molecule has 0 radical (unpaired) electrons. The summed E-state index contributed by atoms with van der Waals surface area (Å²) in [5, 5.41) is 0. The zero-order chi connectivity index (χ0) is 12.2. The Bertz CT molecular complexity index is 210. The van der Waals surface area contributed by atoms with E-state index in [1.54, 1.807) is 0 Å².